The van der Waals surface area contributed by atoms with E-state index in [0.717, 1.165) is 44.9 Å². The first-order valence-electron chi connectivity index (χ1n) is 31.1. The van der Waals surface area contributed by atoms with Crippen LogP contribution in [0.15, 0.2) is 24.3 Å². The molecule has 0 spiro atoms. The molecule has 0 saturated carbocycles. The van der Waals surface area contributed by atoms with Crippen LogP contribution in [0.3, 0.4) is 0 Å². The molecule has 3 N–H and O–H groups in total. The van der Waals surface area contributed by atoms with E-state index < -0.39 is 12.1 Å². The number of carbonyl (C=O) groups excluding carboxylic acids is 2. The van der Waals surface area contributed by atoms with Crippen molar-refractivity contribution in [3.63, 3.8) is 0 Å². The van der Waals surface area contributed by atoms with Crippen LogP contribution in [0.5, 0.6) is 0 Å². The lowest BCUT2D eigenvalue weighted by atomic mass is 10.0. The normalized spacial score (nSPS) is 12.7. The summed E-state index contributed by atoms with van der Waals surface area (Å²) in [4.78, 5) is 24.5. The first kappa shape index (κ1) is 67.3. The van der Waals surface area contributed by atoms with Crippen molar-refractivity contribution >= 4 is 11.9 Å². The summed E-state index contributed by atoms with van der Waals surface area (Å²) in [5, 5.41) is 23.2. The number of hydrogen-bond acceptors (Lipinski definition) is 5. The maximum Gasteiger partial charge on any atom is 0.305 e. The van der Waals surface area contributed by atoms with Crippen molar-refractivity contribution in [1.29, 1.82) is 0 Å². The Bertz CT molecular complexity index is 1080. The van der Waals surface area contributed by atoms with Crippen LogP contribution in [0.4, 0.5) is 0 Å². The molecule has 69 heavy (non-hydrogen) atoms. The molecular weight excluding hydrogens is 851 g/mol. The van der Waals surface area contributed by atoms with Gasteiger partial charge in [-0.15, -0.1) is 0 Å². The van der Waals surface area contributed by atoms with Gasteiger partial charge in [-0.1, -0.05) is 295 Å². The number of unbranched alkanes of at least 4 members (excludes halogenated alkanes) is 45. The van der Waals surface area contributed by atoms with Gasteiger partial charge in [-0.2, -0.15) is 0 Å². The number of ether oxygens (including phenoxy) is 1. The minimum Gasteiger partial charge on any atom is -0.466 e. The molecule has 0 aromatic carbocycles. The van der Waals surface area contributed by atoms with Crippen LogP contribution in [0.1, 0.15) is 341 Å². The zero-order chi connectivity index (χ0) is 50.0. The number of esters is 1. The largest absolute Gasteiger partial charge is 0.466 e. The maximum atomic E-state index is 12.5. The summed E-state index contributed by atoms with van der Waals surface area (Å²) < 4.78 is 5.48. The predicted octanol–water partition coefficient (Wildman–Crippen LogP) is 19.4. The molecule has 0 aliphatic carbocycles. The van der Waals surface area contributed by atoms with Crippen LogP contribution in [0.2, 0.25) is 0 Å². The zero-order valence-corrected chi connectivity index (χ0v) is 46.6. The summed E-state index contributed by atoms with van der Waals surface area (Å²) in [6.45, 7) is 4.91. The van der Waals surface area contributed by atoms with Crippen molar-refractivity contribution < 1.29 is 24.5 Å². The monoisotopic (exact) mass is 972 g/mol. The maximum absolute atomic E-state index is 12.5. The molecule has 0 aliphatic rings. The average molecular weight is 973 g/mol. The number of carbonyl (C=O) groups is 2. The Kier molecular flexibility index (Phi) is 57.5. The number of aliphatic hydroxyl groups excluding tert-OH is 2. The van der Waals surface area contributed by atoms with E-state index in [1.807, 2.05) is 6.08 Å². The molecule has 2 atom stereocenters. The lowest BCUT2D eigenvalue weighted by Gasteiger charge is -2.20. The van der Waals surface area contributed by atoms with Crippen LogP contribution in [0, 0.1) is 0 Å². The SMILES string of the molecule is CCCCCCCCC/C=C\CCCCCCCC(=O)OCCCCCCCCCCCCCCCCCCCCCC(=O)NC(CO)C(O)/C=C/CCCCCCCCCCCCCCCCC. The molecule has 0 aromatic rings. The lowest BCUT2D eigenvalue weighted by Crippen LogP contribution is -2.45. The molecule has 0 bridgehead atoms. The van der Waals surface area contributed by atoms with Crippen LogP contribution in [-0.4, -0.2) is 47.4 Å². The number of nitrogens with one attached hydrogen (secondary N) is 1. The molecule has 408 valence electrons. The fourth-order valence-corrected chi connectivity index (χ4v) is 9.69. The van der Waals surface area contributed by atoms with Crippen LogP contribution in [0.25, 0.3) is 0 Å². The fraction of sp³-hybridized carbons (Fsp3) is 0.905. The second kappa shape index (κ2) is 58.9. The lowest BCUT2D eigenvalue weighted by molar-refractivity contribution is -0.143. The van der Waals surface area contributed by atoms with E-state index in [2.05, 4.69) is 31.3 Å². The Hall–Kier alpha value is -1.66. The van der Waals surface area contributed by atoms with Gasteiger partial charge in [0.2, 0.25) is 5.91 Å². The minimum absolute atomic E-state index is 0.00138. The number of aliphatic hydroxyl groups is 2. The molecule has 0 saturated heterocycles. The van der Waals surface area contributed by atoms with E-state index >= 15 is 0 Å². The van der Waals surface area contributed by atoms with Crippen molar-refractivity contribution in [3.8, 4) is 0 Å². The van der Waals surface area contributed by atoms with Crippen LogP contribution < -0.4 is 5.32 Å². The van der Waals surface area contributed by atoms with Gasteiger partial charge in [0, 0.05) is 12.8 Å². The standard InChI is InChI=1S/C63H121NO5/c1-3-5-7-9-11-13-15-17-19-24-27-31-35-39-43-47-51-55-61(66)60(59-65)64-62(67)56-52-48-44-40-36-32-28-25-22-21-23-26-30-34-38-42-46-50-54-58-69-63(68)57-53-49-45-41-37-33-29-20-18-16-14-12-10-8-6-4-2/h20,29,51,55,60-61,65-66H,3-19,21-28,30-50,52-54,56-59H2,1-2H3,(H,64,67)/b29-20-,55-51+. The van der Waals surface area contributed by atoms with Crippen molar-refractivity contribution in [1.82, 2.24) is 5.32 Å². The molecule has 2 unspecified atom stereocenters. The molecule has 0 fully saturated rings. The zero-order valence-electron chi connectivity index (χ0n) is 46.6. The van der Waals surface area contributed by atoms with E-state index in [1.165, 1.54) is 270 Å². The van der Waals surface area contributed by atoms with Gasteiger partial charge in [0.15, 0.2) is 0 Å². The number of rotatable bonds is 58. The van der Waals surface area contributed by atoms with Gasteiger partial charge in [0.25, 0.3) is 0 Å². The Balaban J connectivity index is 3.42. The van der Waals surface area contributed by atoms with E-state index in [4.69, 9.17) is 4.74 Å². The highest BCUT2D eigenvalue weighted by Gasteiger charge is 2.18. The Labute approximate surface area is 431 Å². The number of hydrogen-bond donors (Lipinski definition) is 3. The highest BCUT2D eigenvalue weighted by atomic mass is 16.5. The van der Waals surface area contributed by atoms with Gasteiger partial charge in [-0.25, -0.2) is 0 Å². The van der Waals surface area contributed by atoms with E-state index in [1.54, 1.807) is 6.08 Å². The average Bonchev–Trinajstić information content (AvgIpc) is 3.35. The summed E-state index contributed by atoms with van der Waals surface area (Å²) in [5.41, 5.74) is 0. The number of amides is 1. The summed E-state index contributed by atoms with van der Waals surface area (Å²) >= 11 is 0. The van der Waals surface area contributed by atoms with Gasteiger partial charge in [0.1, 0.15) is 0 Å². The first-order chi connectivity index (χ1) is 34.0. The summed E-state index contributed by atoms with van der Waals surface area (Å²) in [7, 11) is 0. The number of allylic oxidation sites excluding steroid dienone is 3. The van der Waals surface area contributed by atoms with Gasteiger partial charge in [-0.3, -0.25) is 9.59 Å². The molecule has 0 heterocycles. The Morgan fingerprint density at radius 1 is 0.391 bits per heavy atom. The van der Waals surface area contributed by atoms with E-state index in [9.17, 15) is 19.8 Å². The van der Waals surface area contributed by atoms with E-state index in [0.29, 0.717) is 19.4 Å². The van der Waals surface area contributed by atoms with E-state index in [-0.39, 0.29) is 18.5 Å². The molecule has 6 nitrogen and oxygen atoms in total. The minimum atomic E-state index is -0.846. The molecule has 1 amide bonds. The summed E-state index contributed by atoms with van der Waals surface area (Å²) in [6, 6.07) is -0.630. The summed E-state index contributed by atoms with van der Waals surface area (Å²) in [5.74, 6) is -0.0673. The van der Waals surface area contributed by atoms with Crippen LogP contribution in [-0.2, 0) is 14.3 Å². The second-order valence-corrected chi connectivity index (χ2v) is 21.4. The van der Waals surface area contributed by atoms with Gasteiger partial charge in [0.05, 0.1) is 25.4 Å². The third kappa shape index (κ3) is 55.5. The molecule has 0 rings (SSSR count). The first-order valence-corrected chi connectivity index (χ1v) is 31.1. The predicted molar refractivity (Wildman–Crippen MR) is 301 cm³/mol. The third-order valence-corrected chi connectivity index (χ3v) is 14.5. The quantitative estimate of drug-likeness (QED) is 0.0321. The highest BCUT2D eigenvalue weighted by molar-refractivity contribution is 5.76. The molecular formula is C63H121NO5. The third-order valence-electron chi connectivity index (χ3n) is 14.5. The topological polar surface area (TPSA) is 95.9 Å². The fourth-order valence-electron chi connectivity index (χ4n) is 9.69. The molecule has 0 radical (unpaired) electrons. The van der Waals surface area contributed by atoms with Crippen molar-refractivity contribution in [2.45, 2.75) is 353 Å². The molecule has 6 heteroatoms. The second-order valence-electron chi connectivity index (χ2n) is 21.4. The molecule has 0 aromatic heterocycles. The summed E-state index contributed by atoms with van der Waals surface area (Å²) in [6.07, 6.45) is 72.1. The van der Waals surface area contributed by atoms with Crippen molar-refractivity contribution in [3.05, 3.63) is 24.3 Å². The highest BCUT2D eigenvalue weighted by Crippen LogP contribution is 2.17. The Morgan fingerprint density at radius 3 is 1.03 bits per heavy atom. The van der Waals surface area contributed by atoms with Gasteiger partial charge in [-0.05, 0) is 57.8 Å². The Morgan fingerprint density at radius 2 is 0.681 bits per heavy atom. The molecule has 0 aliphatic heterocycles. The van der Waals surface area contributed by atoms with Gasteiger partial charge >= 0.3 is 5.97 Å². The smallest absolute Gasteiger partial charge is 0.305 e. The van der Waals surface area contributed by atoms with Crippen LogP contribution >= 0.6 is 0 Å². The van der Waals surface area contributed by atoms with Gasteiger partial charge < -0.3 is 20.3 Å². The van der Waals surface area contributed by atoms with Crippen molar-refractivity contribution in [2.75, 3.05) is 13.2 Å². The van der Waals surface area contributed by atoms with Crippen molar-refractivity contribution in [2.24, 2.45) is 0 Å².